The molecule has 0 radical (unpaired) electrons. The van der Waals surface area contributed by atoms with E-state index in [0.717, 1.165) is 36.7 Å². The molecule has 1 aliphatic heterocycles. The summed E-state index contributed by atoms with van der Waals surface area (Å²) in [4.78, 5) is 18.8. The number of hydrogen-bond acceptors (Lipinski definition) is 4. The summed E-state index contributed by atoms with van der Waals surface area (Å²) in [6.07, 6.45) is 0.300. The van der Waals surface area contributed by atoms with Crippen molar-refractivity contribution in [2.24, 2.45) is 0 Å². The summed E-state index contributed by atoms with van der Waals surface area (Å²) in [7, 11) is 0. The predicted octanol–water partition coefficient (Wildman–Crippen LogP) is 2.86. The molecule has 1 saturated heterocycles. The fourth-order valence-electron chi connectivity index (χ4n) is 2.71. The van der Waals surface area contributed by atoms with Crippen LogP contribution in [0.15, 0.2) is 34.7 Å². The number of amides is 1. The van der Waals surface area contributed by atoms with Crippen molar-refractivity contribution < 1.29 is 9.21 Å². The molecular formula is C17H23Cl2N3O2. The van der Waals surface area contributed by atoms with Gasteiger partial charge in [0.25, 0.3) is 0 Å². The standard InChI is InChI=1S/C17H21N3O2.2ClH/c1-12-11-20(9-8-18-12)16(21)10-15-13(2)22-17(19-15)14-6-4-3-5-7-14;;/h3-7,12,18H,8-11H2,1-2H3;2*1H. The SMILES string of the molecule is Cc1oc(-c2ccccc2)nc1CC(=O)N1CCNC(C)C1.Cl.Cl. The number of halogens is 2. The van der Waals surface area contributed by atoms with Crippen LogP contribution in [0.25, 0.3) is 11.5 Å². The van der Waals surface area contributed by atoms with Crippen molar-refractivity contribution in [1.29, 1.82) is 0 Å². The normalized spacial score (nSPS) is 16.9. The van der Waals surface area contributed by atoms with Crippen molar-refractivity contribution in [3.8, 4) is 11.5 Å². The van der Waals surface area contributed by atoms with Crippen LogP contribution in [0.2, 0.25) is 0 Å². The summed E-state index contributed by atoms with van der Waals surface area (Å²) in [5.41, 5.74) is 1.66. The highest BCUT2D eigenvalue weighted by atomic mass is 35.5. The summed E-state index contributed by atoms with van der Waals surface area (Å²) in [6.45, 7) is 6.31. The summed E-state index contributed by atoms with van der Waals surface area (Å²) >= 11 is 0. The summed E-state index contributed by atoms with van der Waals surface area (Å²) < 4.78 is 5.72. The smallest absolute Gasteiger partial charge is 0.228 e. The van der Waals surface area contributed by atoms with Crippen molar-refractivity contribution in [3.63, 3.8) is 0 Å². The first-order valence-electron chi connectivity index (χ1n) is 7.66. The second kappa shape index (κ2) is 9.06. The molecule has 1 aliphatic rings. The number of nitrogens with one attached hydrogen (secondary N) is 1. The molecule has 1 aromatic carbocycles. The molecule has 0 aliphatic carbocycles. The van der Waals surface area contributed by atoms with Gasteiger partial charge in [0, 0.05) is 31.2 Å². The minimum atomic E-state index is 0. The van der Waals surface area contributed by atoms with Crippen molar-refractivity contribution in [2.75, 3.05) is 19.6 Å². The van der Waals surface area contributed by atoms with Gasteiger partial charge in [0.15, 0.2) is 0 Å². The van der Waals surface area contributed by atoms with E-state index in [2.05, 4.69) is 17.2 Å². The van der Waals surface area contributed by atoms with E-state index < -0.39 is 0 Å². The first kappa shape index (κ1) is 20.5. The maximum absolute atomic E-state index is 12.4. The molecule has 24 heavy (non-hydrogen) atoms. The van der Waals surface area contributed by atoms with Crippen molar-refractivity contribution in [3.05, 3.63) is 41.8 Å². The molecule has 132 valence electrons. The van der Waals surface area contributed by atoms with E-state index >= 15 is 0 Å². The zero-order chi connectivity index (χ0) is 15.5. The molecule has 7 heteroatoms. The number of benzene rings is 1. The molecule has 0 saturated carbocycles. The van der Waals surface area contributed by atoms with E-state index in [0.29, 0.717) is 18.4 Å². The number of rotatable bonds is 3. The molecule has 2 heterocycles. The maximum atomic E-state index is 12.4. The number of carbonyl (C=O) groups is 1. The monoisotopic (exact) mass is 371 g/mol. The number of aromatic nitrogens is 1. The lowest BCUT2D eigenvalue weighted by Crippen LogP contribution is -2.51. The first-order valence-corrected chi connectivity index (χ1v) is 7.66. The lowest BCUT2D eigenvalue weighted by molar-refractivity contribution is -0.131. The molecule has 1 aromatic heterocycles. The number of oxazole rings is 1. The lowest BCUT2D eigenvalue weighted by atomic mass is 10.2. The Bertz CT molecular complexity index is 661. The molecule has 1 amide bonds. The Morgan fingerprint density at radius 1 is 1.33 bits per heavy atom. The van der Waals surface area contributed by atoms with Crippen LogP contribution in [0.4, 0.5) is 0 Å². The lowest BCUT2D eigenvalue weighted by Gasteiger charge is -2.31. The van der Waals surface area contributed by atoms with Crippen LogP contribution in [-0.4, -0.2) is 41.5 Å². The van der Waals surface area contributed by atoms with Crippen LogP contribution < -0.4 is 5.32 Å². The molecule has 0 spiro atoms. The number of hydrogen-bond donors (Lipinski definition) is 1. The van der Waals surface area contributed by atoms with E-state index in [1.165, 1.54) is 0 Å². The molecule has 3 rings (SSSR count). The highest BCUT2D eigenvalue weighted by Crippen LogP contribution is 2.22. The number of aryl methyl sites for hydroxylation is 1. The quantitative estimate of drug-likeness (QED) is 0.900. The third-order valence-electron chi connectivity index (χ3n) is 3.95. The fourth-order valence-corrected chi connectivity index (χ4v) is 2.71. The van der Waals surface area contributed by atoms with Gasteiger partial charge in [-0.25, -0.2) is 4.98 Å². The number of carbonyl (C=O) groups excluding carboxylic acids is 1. The van der Waals surface area contributed by atoms with E-state index in [1.807, 2.05) is 42.2 Å². The van der Waals surface area contributed by atoms with Gasteiger partial charge in [-0.1, -0.05) is 18.2 Å². The molecule has 1 atom stereocenters. The second-order valence-corrected chi connectivity index (χ2v) is 5.76. The molecular weight excluding hydrogens is 349 g/mol. The van der Waals surface area contributed by atoms with Crippen molar-refractivity contribution >= 4 is 30.7 Å². The Labute approximate surface area is 154 Å². The summed E-state index contributed by atoms with van der Waals surface area (Å²) in [6, 6.07) is 10.1. The van der Waals surface area contributed by atoms with Gasteiger partial charge in [-0.2, -0.15) is 0 Å². The molecule has 1 fully saturated rings. The topological polar surface area (TPSA) is 58.4 Å². The first-order chi connectivity index (χ1) is 10.6. The molecule has 0 bridgehead atoms. The molecule has 5 nitrogen and oxygen atoms in total. The Morgan fingerprint density at radius 3 is 2.71 bits per heavy atom. The third-order valence-corrected chi connectivity index (χ3v) is 3.95. The molecule has 2 aromatic rings. The van der Waals surface area contributed by atoms with Crippen LogP contribution in [0.1, 0.15) is 18.4 Å². The highest BCUT2D eigenvalue weighted by molar-refractivity contribution is 5.85. The van der Waals surface area contributed by atoms with Gasteiger partial charge in [0.05, 0.1) is 12.1 Å². The Morgan fingerprint density at radius 2 is 2.04 bits per heavy atom. The second-order valence-electron chi connectivity index (χ2n) is 5.76. The largest absolute Gasteiger partial charge is 0.441 e. The number of nitrogens with zero attached hydrogens (tertiary/aromatic N) is 2. The van der Waals surface area contributed by atoms with Crippen LogP contribution in [0.5, 0.6) is 0 Å². The Balaban J connectivity index is 0.00000144. The van der Waals surface area contributed by atoms with Gasteiger partial charge in [-0.3, -0.25) is 4.79 Å². The van der Waals surface area contributed by atoms with Crippen LogP contribution in [-0.2, 0) is 11.2 Å². The Kier molecular flexibility index (Phi) is 7.73. The van der Waals surface area contributed by atoms with Gasteiger partial charge in [-0.15, -0.1) is 24.8 Å². The van der Waals surface area contributed by atoms with E-state index in [-0.39, 0.29) is 30.7 Å². The Hall–Kier alpha value is -1.56. The molecule has 1 N–H and O–H groups in total. The van der Waals surface area contributed by atoms with E-state index in [1.54, 1.807) is 0 Å². The predicted molar refractivity (Wildman–Crippen MR) is 98.9 cm³/mol. The average Bonchev–Trinajstić information content (AvgIpc) is 2.89. The fraction of sp³-hybridized carbons (Fsp3) is 0.412. The van der Waals surface area contributed by atoms with Gasteiger partial charge in [0.2, 0.25) is 11.8 Å². The van der Waals surface area contributed by atoms with Gasteiger partial charge in [-0.05, 0) is 26.0 Å². The summed E-state index contributed by atoms with van der Waals surface area (Å²) in [5.74, 6) is 1.41. The van der Waals surface area contributed by atoms with Crippen molar-refractivity contribution in [1.82, 2.24) is 15.2 Å². The highest BCUT2D eigenvalue weighted by Gasteiger charge is 2.22. The van der Waals surface area contributed by atoms with E-state index in [4.69, 9.17) is 4.42 Å². The minimum Gasteiger partial charge on any atom is -0.441 e. The van der Waals surface area contributed by atoms with Gasteiger partial charge in [0.1, 0.15) is 5.76 Å². The molecule has 1 unspecified atom stereocenters. The average molecular weight is 372 g/mol. The zero-order valence-electron chi connectivity index (χ0n) is 13.8. The van der Waals surface area contributed by atoms with Crippen molar-refractivity contribution in [2.45, 2.75) is 26.3 Å². The minimum absolute atomic E-state index is 0. The maximum Gasteiger partial charge on any atom is 0.228 e. The van der Waals surface area contributed by atoms with Crippen LogP contribution >= 0.6 is 24.8 Å². The number of piperazine rings is 1. The summed E-state index contributed by atoms with van der Waals surface area (Å²) in [5, 5.41) is 3.34. The third kappa shape index (κ3) is 4.72. The van der Waals surface area contributed by atoms with E-state index in [9.17, 15) is 4.79 Å². The van der Waals surface area contributed by atoms with Crippen LogP contribution in [0, 0.1) is 6.92 Å². The zero-order valence-corrected chi connectivity index (χ0v) is 15.5. The van der Waals surface area contributed by atoms with Crippen LogP contribution in [0.3, 0.4) is 0 Å². The van der Waals surface area contributed by atoms with Gasteiger partial charge < -0.3 is 14.6 Å². The van der Waals surface area contributed by atoms with Gasteiger partial charge >= 0.3 is 0 Å².